The van der Waals surface area contributed by atoms with Crippen molar-refractivity contribution in [1.29, 1.82) is 0 Å². The Balaban J connectivity index is 0. The maximum atomic E-state index is 13.3. The van der Waals surface area contributed by atoms with Gasteiger partial charge in [-0.05, 0) is 100 Å². The summed E-state index contributed by atoms with van der Waals surface area (Å²) >= 11 is 3.55. The molecule has 4 atom stereocenters. The first-order valence-corrected chi connectivity index (χ1v) is 19.4. The number of nitrogens with two attached hydrogens (primary N) is 1. The van der Waals surface area contributed by atoms with Gasteiger partial charge in [-0.3, -0.25) is 24.0 Å². The maximum absolute atomic E-state index is 13.3. The highest BCUT2D eigenvalue weighted by Crippen LogP contribution is 2.16. The summed E-state index contributed by atoms with van der Waals surface area (Å²) in [5.41, 5.74) is 6.80. The number of primary amides is 1. The molecule has 0 saturated heterocycles. The first kappa shape index (κ1) is 47.5. The van der Waals surface area contributed by atoms with Crippen molar-refractivity contribution in [3.63, 3.8) is 0 Å². The van der Waals surface area contributed by atoms with Gasteiger partial charge in [-0.1, -0.05) is 47.6 Å². The lowest BCUT2D eigenvalue weighted by Gasteiger charge is -2.23. The molecule has 0 aromatic heterocycles. The van der Waals surface area contributed by atoms with Gasteiger partial charge in [0.15, 0.2) is 5.78 Å². The van der Waals surface area contributed by atoms with Crippen LogP contribution in [0.5, 0.6) is 0 Å². The molecule has 0 spiro atoms. The highest BCUT2D eigenvalue weighted by molar-refractivity contribution is 14.1. The summed E-state index contributed by atoms with van der Waals surface area (Å²) in [7, 11) is 7.28. The van der Waals surface area contributed by atoms with Gasteiger partial charge in [-0.15, -0.1) is 0 Å². The number of ketones is 2. The summed E-state index contributed by atoms with van der Waals surface area (Å²) in [5, 5.41) is 18.2. The first-order chi connectivity index (χ1) is 22.4. The van der Waals surface area contributed by atoms with E-state index in [0.717, 1.165) is 49.6 Å². The number of carbonyl (C=O) groups is 5. The van der Waals surface area contributed by atoms with Crippen LogP contribution in [0.4, 0.5) is 0 Å². The van der Waals surface area contributed by atoms with Gasteiger partial charge in [0.25, 0.3) is 0 Å². The number of hydrogen-bond acceptors (Lipinski definition) is 10. The fourth-order valence-electron chi connectivity index (χ4n) is 4.48. The summed E-state index contributed by atoms with van der Waals surface area (Å²) in [4.78, 5) is 62.3. The Morgan fingerprint density at radius 1 is 0.745 bits per heavy atom. The fourth-order valence-corrected chi connectivity index (χ4v) is 5.45. The quantitative estimate of drug-likeness (QED) is 0.0256. The van der Waals surface area contributed by atoms with Crippen molar-refractivity contribution >= 4 is 63.6 Å². The minimum Gasteiger partial charge on any atom is -0.369 e. The van der Waals surface area contributed by atoms with Crippen LogP contribution in [0, 0.1) is 5.92 Å². The Bertz CT molecular complexity index is 913. The van der Waals surface area contributed by atoms with Crippen molar-refractivity contribution in [2.24, 2.45) is 11.7 Å². The van der Waals surface area contributed by atoms with Crippen LogP contribution in [0.2, 0.25) is 0 Å². The van der Waals surface area contributed by atoms with Gasteiger partial charge in [0.2, 0.25) is 17.7 Å². The summed E-state index contributed by atoms with van der Waals surface area (Å²) in [6, 6.07) is -1.48. The molecule has 47 heavy (non-hydrogen) atoms. The number of likely N-dealkylation sites (N-methyl/N-ethyl adjacent to an activating group) is 2. The van der Waals surface area contributed by atoms with E-state index < -0.39 is 23.9 Å². The number of nitrogens with one attached hydrogen (secondary N) is 6. The van der Waals surface area contributed by atoms with Crippen LogP contribution in [0.25, 0.3) is 0 Å². The minimum atomic E-state index is -0.779. The van der Waals surface area contributed by atoms with Crippen molar-refractivity contribution in [3.05, 3.63) is 12.2 Å². The maximum Gasteiger partial charge on any atom is 0.237 e. The molecule has 0 aliphatic heterocycles. The second-order valence-electron chi connectivity index (χ2n) is 11.8. The topological polar surface area (TPSA) is 184 Å². The Morgan fingerprint density at radius 2 is 1.21 bits per heavy atom. The van der Waals surface area contributed by atoms with E-state index in [9.17, 15) is 24.0 Å². The zero-order chi connectivity index (χ0) is 36.0. The number of hydrogen-bond donors (Lipinski definition) is 7. The van der Waals surface area contributed by atoms with Crippen molar-refractivity contribution in [2.75, 3.05) is 63.8 Å². The van der Waals surface area contributed by atoms with Crippen LogP contribution in [0.1, 0.15) is 78.1 Å². The van der Waals surface area contributed by atoms with Crippen LogP contribution < -0.4 is 37.6 Å². The van der Waals surface area contributed by atoms with Gasteiger partial charge < -0.3 is 37.6 Å². The number of Topliss-reactive ketones (excluding diaryl/α,β-unsaturated/α-hetero) is 2. The third-order valence-electron chi connectivity index (χ3n) is 7.30. The van der Waals surface area contributed by atoms with Gasteiger partial charge in [-0.25, -0.2) is 0 Å². The average molecular weight is 798 g/mol. The van der Waals surface area contributed by atoms with E-state index in [1.165, 1.54) is 24.3 Å². The number of carbonyl (C=O) groups excluding carboxylic acids is 5. The lowest BCUT2D eigenvalue weighted by atomic mass is 9.95. The summed E-state index contributed by atoms with van der Waals surface area (Å²) in [5.74, 6) is -1.42. The molecule has 14 heteroatoms. The highest BCUT2D eigenvalue weighted by atomic mass is 127. The molecule has 0 aliphatic carbocycles. The lowest BCUT2D eigenvalue weighted by Crippen LogP contribution is -2.50. The van der Waals surface area contributed by atoms with Crippen molar-refractivity contribution < 1.29 is 24.0 Å². The molecule has 0 saturated carbocycles. The number of halogens is 1. The fraction of sp³-hybridized carbons (Fsp3) is 0.788. The summed E-state index contributed by atoms with van der Waals surface area (Å²) in [6.07, 6.45) is 6.59. The summed E-state index contributed by atoms with van der Waals surface area (Å²) < 4.78 is 1.08. The average Bonchev–Trinajstić information content (AvgIpc) is 3.03. The lowest BCUT2D eigenvalue weighted by molar-refractivity contribution is -0.131. The van der Waals surface area contributed by atoms with E-state index in [-0.39, 0.29) is 47.3 Å². The van der Waals surface area contributed by atoms with Gasteiger partial charge >= 0.3 is 0 Å². The molecule has 0 rings (SSSR count). The third kappa shape index (κ3) is 27.0. The number of unbranched alkanes of at least 4 members (excludes halogenated alkanes) is 3. The molecule has 3 amide bonds. The van der Waals surface area contributed by atoms with Crippen LogP contribution in [-0.2, 0) is 24.0 Å². The Hall–Kier alpha value is -1.59. The Kier molecular flexibility index (Phi) is 32.0. The van der Waals surface area contributed by atoms with Crippen LogP contribution in [-0.4, -0.2) is 111 Å². The van der Waals surface area contributed by atoms with E-state index in [4.69, 9.17) is 5.73 Å². The molecule has 0 aromatic rings. The van der Waals surface area contributed by atoms with Crippen LogP contribution in [0.3, 0.4) is 0 Å². The van der Waals surface area contributed by atoms with Crippen LogP contribution in [0.15, 0.2) is 12.2 Å². The Morgan fingerprint density at radius 3 is 1.64 bits per heavy atom. The molecule has 0 radical (unpaired) electrons. The molecule has 0 heterocycles. The smallest absolute Gasteiger partial charge is 0.237 e. The normalized spacial score (nSPS) is 13.3. The number of allylic oxidation sites excluding steroid dienone is 1. The number of rotatable bonds is 29. The van der Waals surface area contributed by atoms with E-state index in [0.29, 0.717) is 32.2 Å². The second-order valence-corrected chi connectivity index (χ2v) is 13.6. The summed E-state index contributed by atoms with van der Waals surface area (Å²) in [6.45, 7) is 9.38. The Labute approximate surface area is 302 Å². The minimum absolute atomic E-state index is 0.0190. The van der Waals surface area contributed by atoms with Gasteiger partial charge in [0.05, 0.1) is 29.8 Å². The zero-order valence-corrected chi connectivity index (χ0v) is 32.7. The van der Waals surface area contributed by atoms with Gasteiger partial charge in [0, 0.05) is 23.1 Å². The van der Waals surface area contributed by atoms with E-state index >= 15 is 0 Å². The second kappa shape index (κ2) is 31.7. The molecule has 0 aromatic carbocycles. The molecular formula is C33H64IN7O5S. The van der Waals surface area contributed by atoms with E-state index in [2.05, 4.69) is 61.1 Å². The standard InChI is InChI=1S/C29H57N7O5S.C4H7I/c1-21(37)19-42-20-22(27(30)39)18-26(38)23(36-29(41)25(34-5)14-7-10-16-32-3)12-8-11-17-35-28(40)24(33-4)13-6-9-15-31-2;1-4(2)3-5/h22-25,31-34H,6-20H2,1-5H3,(H2,30,39)(H,35,40)(H,36,41);1,3H2,2H3/t22-,23-,24-,25-;/m0./s1. The molecule has 0 fully saturated rings. The van der Waals surface area contributed by atoms with Crippen molar-refractivity contribution in [3.8, 4) is 0 Å². The molecule has 12 nitrogen and oxygen atoms in total. The largest absolute Gasteiger partial charge is 0.369 e. The van der Waals surface area contributed by atoms with Crippen molar-refractivity contribution in [2.45, 2.75) is 96.2 Å². The molecular weight excluding hydrogens is 733 g/mol. The molecule has 0 aliphatic rings. The van der Waals surface area contributed by atoms with Gasteiger partial charge in [-0.2, -0.15) is 11.8 Å². The van der Waals surface area contributed by atoms with Crippen molar-refractivity contribution in [1.82, 2.24) is 31.9 Å². The zero-order valence-electron chi connectivity index (χ0n) is 29.7. The third-order valence-corrected chi connectivity index (χ3v) is 9.85. The predicted molar refractivity (Wildman–Crippen MR) is 204 cm³/mol. The van der Waals surface area contributed by atoms with Gasteiger partial charge in [0.1, 0.15) is 5.78 Å². The number of amides is 3. The van der Waals surface area contributed by atoms with E-state index in [1.54, 1.807) is 14.1 Å². The SMILES string of the molecule is C=C(C)CI.CNCCCC[C@H](NC)C(=O)NCCCC[C@H](NC(=O)[C@H](CCCCNC)NC)C(=O)C[C@@H](CSCC(C)=O)C(N)=O. The first-order valence-electron chi connectivity index (χ1n) is 16.7. The highest BCUT2D eigenvalue weighted by Gasteiger charge is 2.28. The van der Waals surface area contributed by atoms with Crippen LogP contribution >= 0.6 is 34.4 Å². The molecule has 0 unspecified atom stereocenters. The predicted octanol–water partition coefficient (Wildman–Crippen LogP) is 2.09. The molecule has 0 bridgehead atoms. The van der Waals surface area contributed by atoms with E-state index in [1.807, 2.05) is 21.0 Å². The number of alkyl halides is 1. The number of thioether (sulfide) groups is 1. The monoisotopic (exact) mass is 797 g/mol. The molecule has 274 valence electrons. The molecule has 8 N–H and O–H groups in total.